The van der Waals surface area contributed by atoms with E-state index in [2.05, 4.69) is 51.8 Å². The van der Waals surface area contributed by atoms with Gasteiger partial charge in [-0.2, -0.15) is 5.10 Å². The Morgan fingerprint density at radius 1 is 1.25 bits per heavy atom. The third-order valence-electron chi connectivity index (χ3n) is 2.81. The molecule has 0 radical (unpaired) electrons. The number of aromatic amines is 1. The van der Waals surface area contributed by atoms with Gasteiger partial charge in [0.25, 0.3) is 0 Å². The van der Waals surface area contributed by atoms with E-state index in [0.29, 0.717) is 6.54 Å². The molecule has 108 valence electrons. The van der Waals surface area contributed by atoms with Gasteiger partial charge < -0.3 is 10.6 Å². The molecule has 0 saturated carbocycles. The van der Waals surface area contributed by atoms with Gasteiger partial charge in [-0.3, -0.25) is 5.10 Å². The first-order valence-electron chi connectivity index (χ1n) is 6.89. The zero-order chi connectivity index (χ0) is 14.2. The van der Waals surface area contributed by atoms with Gasteiger partial charge in [0.1, 0.15) is 0 Å². The molecule has 0 atom stereocenters. The number of aromatic nitrogens is 2. The molecule has 0 aliphatic rings. The SMILES string of the molecule is CCNC(=NCc1ccn[nH]1)NCc1ccc(CC)s1. The monoisotopic (exact) mass is 291 g/mol. The molecule has 2 rings (SSSR count). The Bertz CT molecular complexity index is 530. The van der Waals surface area contributed by atoms with E-state index in [9.17, 15) is 0 Å². The molecule has 20 heavy (non-hydrogen) atoms. The van der Waals surface area contributed by atoms with E-state index in [-0.39, 0.29) is 0 Å². The highest BCUT2D eigenvalue weighted by atomic mass is 32.1. The number of hydrogen-bond acceptors (Lipinski definition) is 3. The average Bonchev–Trinajstić information content (AvgIpc) is 3.13. The molecular weight excluding hydrogens is 270 g/mol. The largest absolute Gasteiger partial charge is 0.357 e. The number of hydrogen-bond donors (Lipinski definition) is 3. The fourth-order valence-electron chi connectivity index (χ4n) is 1.76. The Labute approximate surface area is 123 Å². The van der Waals surface area contributed by atoms with E-state index in [4.69, 9.17) is 0 Å². The van der Waals surface area contributed by atoms with Crippen LogP contribution >= 0.6 is 11.3 Å². The minimum atomic E-state index is 0.597. The first kappa shape index (κ1) is 14.6. The Morgan fingerprint density at radius 2 is 2.10 bits per heavy atom. The minimum absolute atomic E-state index is 0.597. The highest BCUT2D eigenvalue weighted by Crippen LogP contribution is 2.16. The molecule has 2 aromatic rings. The molecule has 0 saturated heterocycles. The lowest BCUT2D eigenvalue weighted by molar-refractivity contribution is 0.817. The van der Waals surface area contributed by atoms with Crippen molar-refractivity contribution in [2.24, 2.45) is 4.99 Å². The van der Waals surface area contributed by atoms with Crippen molar-refractivity contribution in [3.8, 4) is 0 Å². The standard InChI is InChI=1S/C14H21N5S/c1-3-12-5-6-13(20-12)10-17-14(15-4-2)16-9-11-7-8-18-19-11/h5-8H,3-4,9-10H2,1-2H3,(H,18,19)(H2,15,16,17). The number of guanidine groups is 1. The summed E-state index contributed by atoms with van der Waals surface area (Å²) in [5.74, 6) is 0.827. The molecule has 2 aromatic heterocycles. The molecule has 0 aliphatic heterocycles. The Kier molecular flexibility index (Phi) is 5.61. The van der Waals surface area contributed by atoms with Crippen molar-refractivity contribution in [2.75, 3.05) is 6.54 Å². The smallest absolute Gasteiger partial charge is 0.191 e. The van der Waals surface area contributed by atoms with Crippen molar-refractivity contribution in [1.82, 2.24) is 20.8 Å². The first-order chi connectivity index (χ1) is 9.81. The van der Waals surface area contributed by atoms with E-state index in [1.54, 1.807) is 6.20 Å². The van der Waals surface area contributed by atoms with Crippen LogP contribution in [0.25, 0.3) is 0 Å². The van der Waals surface area contributed by atoms with Gasteiger partial charge in [0.05, 0.1) is 18.8 Å². The maximum Gasteiger partial charge on any atom is 0.191 e. The van der Waals surface area contributed by atoms with Crippen LogP contribution in [0.2, 0.25) is 0 Å². The highest BCUT2D eigenvalue weighted by molar-refractivity contribution is 7.11. The molecule has 0 unspecified atom stereocenters. The summed E-state index contributed by atoms with van der Waals surface area (Å²) in [5.41, 5.74) is 1.01. The van der Waals surface area contributed by atoms with Crippen molar-refractivity contribution in [2.45, 2.75) is 33.4 Å². The lowest BCUT2D eigenvalue weighted by Gasteiger charge is -2.10. The topological polar surface area (TPSA) is 65.1 Å². The maximum absolute atomic E-state index is 4.53. The zero-order valence-electron chi connectivity index (χ0n) is 11.9. The van der Waals surface area contributed by atoms with Crippen LogP contribution in [0, 0.1) is 0 Å². The second-order valence-corrected chi connectivity index (χ2v) is 5.61. The highest BCUT2D eigenvalue weighted by Gasteiger charge is 2.01. The normalized spacial score (nSPS) is 11.6. The second-order valence-electron chi connectivity index (χ2n) is 4.35. The quantitative estimate of drug-likeness (QED) is 0.565. The average molecular weight is 291 g/mol. The zero-order valence-corrected chi connectivity index (χ0v) is 12.8. The summed E-state index contributed by atoms with van der Waals surface area (Å²) >= 11 is 1.85. The first-order valence-corrected chi connectivity index (χ1v) is 7.71. The molecule has 0 fully saturated rings. The van der Waals surface area contributed by atoms with Crippen LogP contribution in [-0.4, -0.2) is 22.7 Å². The van der Waals surface area contributed by atoms with E-state index >= 15 is 0 Å². The van der Waals surface area contributed by atoms with Crippen LogP contribution in [-0.2, 0) is 19.5 Å². The van der Waals surface area contributed by atoms with Gasteiger partial charge in [-0.05, 0) is 31.5 Å². The van der Waals surface area contributed by atoms with Crippen molar-refractivity contribution in [1.29, 1.82) is 0 Å². The maximum atomic E-state index is 4.53. The number of thiophene rings is 1. The van der Waals surface area contributed by atoms with Gasteiger partial charge in [0.2, 0.25) is 0 Å². The van der Waals surface area contributed by atoms with E-state index in [1.165, 1.54) is 9.75 Å². The fourth-order valence-corrected chi connectivity index (χ4v) is 2.65. The molecule has 0 aliphatic carbocycles. The lowest BCUT2D eigenvalue weighted by atomic mass is 10.3. The Balaban J connectivity index is 1.89. The van der Waals surface area contributed by atoms with Crippen molar-refractivity contribution < 1.29 is 0 Å². The number of nitrogens with zero attached hydrogens (tertiary/aromatic N) is 2. The number of aryl methyl sites for hydroxylation is 1. The Morgan fingerprint density at radius 3 is 2.75 bits per heavy atom. The van der Waals surface area contributed by atoms with Crippen LogP contribution in [0.4, 0.5) is 0 Å². The molecule has 0 aromatic carbocycles. The number of rotatable bonds is 6. The molecular formula is C14H21N5S. The number of H-pyrrole nitrogens is 1. The molecule has 3 N–H and O–H groups in total. The predicted octanol–water partition coefficient (Wildman–Crippen LogP) is 2.29. The van der Waals surface area contributed by atoms with Crippen LogP contribution < -0.4 is 10.6 Å². The van der Waals surface area contributed by atoms with Crippen LogP contribution in [0.1, 0.15) is 29.3 Å². The van der Waals surface area contributed by atoms with E-state index in [0.717, 1.165) is 31.2 Å². The van der Waals surface area contributed by atoms with Crippen LogP contribution in [0.3, 0.4) is 0 Å². The molecule has 0 amide bonds. The van der Waals surface area contributed by atoms with Gasteiger partial charge in [0, 0.05) is 22.5 Å². The molecule has 0 bridgehead atoms. The summed E-state index contributed by atoms with van der Waals surface area (Å²) in [6, 6.07) is 6.30. The van der Waals surface area contributed by atoms with Gasteiger partial charge in [-0.15, -0.1) is 11.3 Å². The number of nitrogens with one attached hydrogen (secondary N) is 3. The third kappa shape index (κ3) is 4.38. The number of aliphatic imine (C=N–C) groups is 1. The van der Waals surface area contributed by atoms with E-state index in [1.807, 2.05) is 17.4 Å². The minimum Gasteiger partial charge on any atom is -0.357 e. The summed E-state index contributed by atoms with van der Waals surface area (Å²) < 4.78 is 0. The fraction of sp³-hybridized carbons (Fsp3) is 0.429. The van der Waals surface area contributed by atoms with E-state index < -0.39 is 0 Å². The third-order valence-corrected chi connectivity index (χ3v) is 4.04. The summed E-state index contributed by atoms with van der Waals surface area (Å²) in [7, 11) is 0. The van der Waals surface area contributed by atoms with Gasteiger partial charge in [0.15, 0.2) is 5.96 Å². The summed E-state index contributed by atoms with van der Waals surface area (Å²) in [4.78, 5) is 7.27. The lowest BCUT2D eigenvalue weighted by Crippen LogP contribution is -2.36. The Hall–Kier alpha value is -1.82. The molecule has 0 spiro atoms. The summed E-state index contributed by atoms with van der Waals surface area (Å²) in [6.45, 7) is 6.49. The summed E-state index contributed by atoms with van der Waals surface area (Å²) in [6.07, 6.45) is 2.84. The second kappa shape index (κ2) is 7.69. The summed E-state index contributed by atoms with van der Waals surface area (Å²) in [5, 5.41) is 13.4. The van der Waals surface area contributed by atoms with Gasteiger partial charge in [-0.25, -0.2) is 4.99 Å². The molecule has 2 heterocycles. The molecule has 6 heteroatoms. The van der Waals surface area contributed by atoms with Gasteiger partial charge >= 0.3 is 0 Å². The van der Waals surface area contributed by atoms with Crippen LogP contribution in [0.5, 0.6) is 0 Å². The van der Waals surface area contributed by atoms with Crippen molar-refractivity contribution >= 4 is 17.3 Å². The van der Waals surface area contributed by atoms with Gasteiger partial charge in [-0.1, -0.05) is 6.92 Å². The van der Waals surface area contributed by atoms with Crippen LogP contribution in [0.15, 0.2) is 29.4 Å². The predicted molar refractivity (Wildman–Crippen MR) is 83.9 cm³/mol. The van der Waals surface area contributed by atoms with Crippen molar-refractivity contribution in [3.05, 3.63) is 39.8 Å². The molecule has 5 nitrogen and oxygen atoms in total. The van der Waals surface area contributed by atoms with Crippen molar-refractivity contribution in [3.63, 3.8) is 0 Å².